The minimum absolute atomic E-state index is 0.257. The monoisotopic (exact) mass is 446 g/mol. The van der Waals surface area contributed by atoms with E-state index in [2.05, 4.69) is 39.9 Å². The number of fused-ring (bicyclic) bond motifs is 1. The van der Waals surface area contributed by atoms with Crippen molar-refractivity contribution in [2.75, 3.05) is 39.8 Å². The van der Waals surface area contributed by atoms with E-state index in [9.17, 15) is 9.59 Å². The molecule has 1 aromatic rings. The molecule has 3 aliphatic rings. The molecular weight excluding hydrogens is 416 g/mol. The van der Waals surface area contributed by atoms with Gasteiger partial charge in [-0.3, -0.25) is 15.0 Å². The molecule has 0 spiro atoms. The van der Waals surface area contributed by atoms with Crippen LogP contribution >= 0.6 is 11.6 Å². The Labute approximate surface area is 188 Å². The Morgan fingerprint density at radius 1 is 1.16 bits per heavy atom. The molecule has 4 rings (SSSR count). The van der Waals surface area contributed by atoms with Gasteiger partial charge >= 0.3 is 6.03 Å². The summed E-state index contributed by atoms with van der Waals surface area (Å²) in [5.74, 6) is 1.09. The molecule has 9 heteroatoms. The molecule has 3 amide bonds. The number of amides is 3. The Morgan fingerprint density at radius 3 is 2.55 bits per heavy atom. The summed E-state index contributed by atoms with van der Waals surface area (Å²) in [6, 6.07) is 7.12. The summed E-state index contributed by atoms with van der Waals surface area (Å²) >= 11 is 6.33. The SMILES string of the molecule is CC(C)CCN1C(N2CCN(Cc3ccccc3Cl)CC2)=NC2C1C(=O)NC(=O)N2C. The van der Waals surface area contributed by atoms with E-state index in [0.717, 1.165) is 62.2 Å². The molecular formula is C22H31ClN6O2. The maximum atomic E-state index is 12.7. The van der Waals surface area contributed by atoms with Crippen LogP contribution in [0.4, 0.5) is 4.79 Å². The third kappa shape index (κ3) is 4.50. The van der Waals surface area contributed by atoms with E-state index in [1.807, 2.05) is 18.2 Å². The lowest BCUT2D eigenvalue weighted by molar-refractivity contribution is -0.127. The zero-order valence-corrected chi connectivity index (χ0v) is 19.2. The van der Waals surface area contributed by atoms with Crippen molar-refractivity contribution < 1.29 is 9.59 Å². The highest BCUT2D eigenvalue weighted by molar-refractivity contribution is 6.31. The lowest BCUT2D eigenvalue weighted by atomic mass is 10.1. The summed E-state index contributed by atoms with van der Waals surface area (Å²) in [5, 5.41) is 3.27. The molecule has 8 nitrogen and oxygen atoms in total. The van der Waals surface area contributed by atoms with Crippen molar-refractivity contribution >= 4 is 29.5 Å². The molecule has 31 heavy (non-hydrogen) atoms. The van der Waals surface area contributed by atoms with Gasteiger partial charge in [0, 0.05) is 51.3 Å². The van der Waals surface area contributed by atoms with E-state index in [-0.39, 0.29) is 11.9 Å². The van der Waals surface area contributed by atoms with Gasteiger partial charge in [-0.1, -0.05) is 43.6 Å². The third-order valence-electron chi connectivity index (χ3n) is 6.29. The van der Waals surface area contributed by atoms with Crippen molar-refractivity contribution in [2.45, 2.75) is 39.0 Å². The number of nitrogens with zero attached hydrogens (tertiary/aromatic N) is 5. The van der Waals surface area contributed by atoms with Gasteiger partial charge in [0.25, 0.3) is 5.91 Å². The third-order valence-corrected chi connectivity index (χ3v) is 6.66. The number of hydrogen-bond donors (Lipinski definition) is 1. The van der Waals surface area contributed by atoms with Gasteiger partial charge in [-0.2, -0.15) is 0 Å². The van der Waals surface area contributed by atoms with Gasteiger partial charge in [-0.25, -0.2) is 9.79 Å². The lowest BCUT2D eigenvalue weighted by Crippen LogP contribution is -2.64. The van der Waals surface area contributed by atoms with Crippen molar-refractivity contribution in [1.29, 1.82) is 0 Å². The van der Waals surface area contributed by atoms with Crippen LogP contribution in [0.3, 0.4) is 0 Å². The molecule has 2 atom stereocenters. The molecule has 0 saturated carbocycles. The first kappa shape index (κ1) is 21.9. The minimum atomic E-state index is -0.468. The number of carbonyl (C=O) groups is 2. The largest absolute Gasteiger partial charge is 0.340 e. The molecule has 0 bridgehead atoms. The van der Waals surface area contributed by atoms with E-state index in [0.29, 0.717) is 5.92 Å². The Bertz CT molecular complexity index is 867. The van der Waals surface area contributed by atoms with E-state index >= 15 is 0 Å². The van der Waals surface area contributed by atoms with Crippen molar-refractivity contribution in [3.63, 3.8) is 0 Å². The van der Waals surface area contributed by atoms with Crippen LogP contribution in [0.1, 0.15) is 25.8 Å². The molecule has 1 N–H and O–H groups in total. The summed E-state index contributed by atoms with van der Waals surface area (Å²) < 4.78 is 0. The summed E-state index contributed by atoms with van der Waals surface area (Å²) in [6.45, 7) is 9.33. The Morgan fingerprint density at radius 2 is 1.87 bits per heavy atom. The molecule has 3 aliphatic heterocycles. The second kappa shape index (κ2) is 9.04. The number of rotatable bonds is 5. The topological polar surface area (TPSA) is 71.5 Å². The van der Waals surface area contributed by atoms with E-state index in [1.54, 1.807) is 7.05 Å². The van der Waals surface area contributed by atoms with E-state index < -0.39 is 12.2 Å². The van der Waals surface area contributed by atoms with E-state index in [4.69, 9.17) is 16.6 Å². The van der Waals surface area contributed by atoms with Crippen LogP contribution in [-0.2, 0) is 11.3 Å². The van der Waals surface area contributed by atoms with Crippen molar-refractivity contribution in [2.24, 2.45) is 10.9 Å². The molecule has 0 aliphatic carbocycles. The highest BCUT2D eigenvalue weighted by Gasteiger charge is 2.49. The van der Waals surface area contributed by atoms with Crippen LogP contribution in [-0.4, -0.2) is 89.5 Å². The minimum Gasteiger partial charge on any atom is -0.340 e. The second-order valence-electron chi connectivity index (χ2n) is 8.92. The average molecular weight is 447 g/mol. The smallest absolute Gasteiger partial charge is 0.325 e. The summed E-state index contributed by atoms with van der Waals surface area (Å²) in [5.41, 5.74) is 1.14. The molecule has 2 unspecified atom stereocenters. The zero-order valence-electron chi connectivity index (χ0n) is 18.4. The maximum absolute atomic E-state index is 12.7. The number of imide groups is 1. The number of piperazine rings is 1. The van der Waals surface area contributed by atoms with Crippen LogP contribution in [0.15, 0.2) is 29.3 Å². The fourth-order valence-electron chi connectivity index (χ4n) is 4.38. The number of likely N-dealkylation sites (N-methyl/N-ethyl adjacent to an activating group) is 1. The molecule has 168 valence electrons. The van der Waals surface area contributed by atoms with Crippen molar-refractivity contribution in [3.05, 3.63) is 34.9 Å². The molecule has 2 fully saturated rings. The van der Waals surface area contributed by atoms with Crippen molar-refractivity contribution in [1.82, 2.24) is 24.9 Å². The number of benzene rings is 1. The average Bonchev–Trinajstić information content (AvgIpc) is 3.13. The fraction of sp³-hybridized carbons (Fsp3) is 0.591. The van der Waals surface area contributed by atoms with Gasteiger partial charge in [0.15, 0.2) is 18.2 Å². The standard InChI is InChI=1S/C22H31ClN6O2/c1-15(2)8-9-29-18-19(26(3)22(31)25-20(18)30)24-21(29)28-12-10-27(11-13-28)14-16-6-4-5-7-17(16)23/h4-7,15,18-19H,8-14H2,1-3H3,(H,25,30,31). The number of aliphatic imine (C=N–C) groups is 1. The van der Waals surface area contributed by atoms with Crippen molar-refractivity contribution in [3.8, 4) is 0 Å². The summed E-state index contributed by atoms with van der Waals surface area (Å²) in [6.07, 6.45) is 0.490. The first-order chi connectivity index (χ1) is 14.8. The van der Waals surface area contributed by atoms with Gasteiger partial charge in [0.2, 0.25) is 0 Å². The number of nitrogens with one attached hydrogen (secondary N) is 1. The summed E-state index contributed by atoms with van der Waals surface area (Å²) in [7, 11) is 1.70. The van der Waals surface area contributed by atoms with E-state index in [1.165, 1.54) is 4.90 Å². The lowest BCUT2D eigenvalue weighted by Gasteiger charge is -2.40. The maximum Gasteiger partial charge on any atom is 0.325 e. The molecule has 0 aromatic heterocycles. The Hall–Kier alpha value is -2.32. The number of hydrogen-bond acceptors (Lipinski definition) is 6. The predicted molar refractivity (Wildman–Crippen MR) is 121 cm³/mol. The van der Waals surface area contributed by atoms with Gasteiger partial charge in [-0.15, -0.1) is 0 Å². The Kier molecular flexibility index (Phi) is 6.39. The first-order valence-electron chi connectivity index (χ1n) is 11.0. The van der Waals surface area contributed by atoms with Gasteiger partial charge in [-0.05, 0) is 24.0 Å². The molecule has 2 saturated heterocycles. The fourth-order valence-corrected chi connectivity index (χ4v) is 4.58. The van der Waals surface area contributed by atoms with Gasteiger partial charge in [0.05, 0.1) is 0 Å². The highest BCUT2D eigenvalue weighted by Crippen LogP contribution is 2.27. The number of urea groups is 1. The molecule has 1 aromatic carbocycles. The highest BCUT2D eigenvalue weighted by atomic mass is 35.5. The van der Waals surface area contributed by atoms with Crippen LogP contribution in [0, 0.1) is 5.92 Å². The summed E-state index contributed by atoms with van der Waals surface area (Å²) in [4.78, 5) is 38.0. The number of halogens is 1. The van der Waals surface area contributed by atoms with Crippen LogP contribution in [0.25, 0.3) is 0 Å². The van der Waals surface area contributed by atoms with Gasteiger partial charge < -0.3 is 14.7 Å². The quantitative estimate of drug-likeness (QED) is 0.749. The predicted octanol–water partition coefficient (Wildman–Crippen LogP) is 2.05. The Balaban J connectivity index is 1.47. The second-order valence-corrected chi connectivity index (χ2v) is 9.33. The zero-order chi connectivity index (χ0) is 22.1. The van der Waals surface area contributed by atoms with Crippen LogP contribution in [0.2, 0.25) is 5.02 Å². The number of guanidine groups is 1. The van der Waals surface area contributed by atoms with Gasteiger partial charge in [0.1, 0.15) is 0 Å². The molecule has 3 heterocycles. The normalized spacial score (nSPS) is 24.5. The molecule has 0 radical (unpaired) electrons. The first-order valence-corrected chi connectivity index (χ1v) is 11.4. The van der Waals surface area contributed by atoms with Crippen LogP contribution < -0.4 is 5.32 Å². The number of carbonyl (C=O) groups excluding carboxylic acids is 2. The van der Waals surface area contributed by atoms with Crippen LogP contribution in [0.5, 0.6) is 0 Å².